The van der Waals surface area contributed by atoms with E-state index in [1.807, 2.05) is 60.7 Å². The molecule has 1 fully saturated rings. The maximum atomic E-state index is 13.5. The molecule has 5 rings (SSSR count). The minimum atomic E-state index is -0.493. The van der Waals surface area contributed by atoms with E-state index in [2.05, 4.69) is 4.90 Å². The topological polar surface area (TPSA) is 59.8 Å². The third-order valence-electron chi connectivity index (χ3n) is 6.69. The Morgan fingerprint density at radius 2 is 1.58 bits per heavy atom. The number of fused-ring (bicyclic) bond motifs is 1. The number of likely N-dealkylation sites (tertiary alicyclic amines) is 1. The van der Waals surface area contributed by atoms with Crippen LogP contribution in [0.2, 0.25) is 0 Å². The van der Waals surface area contributed by atoms with Crippen molar-refractivity contribution in [2.75, 3.05) is 19.6 Å². The summed E-state index contributed by atoms with van der Waals surface area (Å²) in [4.78, 5) is 29.1. The highest BCUT2D eigenvalue weighted by atomic mass is 35.5. The number of carbonyl (C=O) groups is 1. The van der Waals surface area contributed by atoms with Gasteiger partial charge in [0.25, 0.3) is 0 Å². The molecule has 36 heavy (non-hydrogen) atoms. The van der Waals surface area contributed by atoms with Gasteiger partial charge in [-0.3, -0.25) is 9.69 Å². The Hall–Kier alpha value is -3.41. The molecule has 186 valence electrons. The summed E-state index contributed by atoms with van der Waals surface area (Å²) in [5, 5.41) is 0.379. The van der Waals surface area contributed by atoms with Crippen molar-refractivity contribution in [3.05, 3.63) is 106 Å². The Balaban J connectivity index is 0.00000304. The number of hydrogen-bond donors (Lipinski definition) is 0. The van der Waals surface area contributed by atoms with Crippen LogP contribution in [0.1, 0.15) is 46.9 Å². The number of piperidine rings is 1. The molecule has 6 heteroatoms. The van der Waals surface area contributed by atoms with Crippen molar-refractivity contribution in [1.82, 2.24) is 4.90 Å². The zero-order valence-corrected chi connectivity index (χ0v) is 21.1. The van der Waals surface area contributed by atoms with Crippen LogP contribution in [0, 0.1) is 6.92 Å². The number of benzene rings is 3. The third kappa shape index (κ3) is 5.38. The van der Waals surface area contributed by atoms with Gasteiger partial charge in [-0.2, -0.15) is 0 Å². The molecular weight excluding hydrogens is 474 g/mol. The Kier molecular flexibility index (Phi) is 8.24. The first-order valence-electron chi connectivity index (χ1n) is 12.2. The quantitative estimate of drug-likeness (QED) is 0.278. The van der Waals surface area contributed by atoms with Gasteiger partial charge in [0.15, 0.2) is 11.0 Å². The zero-order valence-electron chi connectivity index (χ0n) is 20.3. The molecule has 0 aliphatic carbocycles. The number of carbonyl (C=O) groups excluding carboxylic acids is 1. The van der Waals surface area contributed by atoms with Gasteiger partial charge >= 0.3 is 5.97 Å². The second kappa shape index (κ2) is 11.5. The largest absolute Gasteiger partial charge is 0.455 e. The number of esters is 1. The Labute approximate surface area is 217 Å². The summed E-state index contributed by atoms with van der Waals surface area (Å²) in [5.41, 5.74) is 2.63. The average Bonchev–Trinajstić information content (AvgIpc) is 2.91. The van der Waals surface area contributed by atoms with Crippen molar-refractivity contribution >= 4 is 29.3 Å². The Morgan fingerprint density at radius 1 is 0.917 bits per heavy atom. The molecule has 1 saturated heterocycles. The number of halogens is 1. The normalized spacial score (nSPS) is 14.7. The lowest BCUT2D eigenvalue weighted by molar-refractivity contribution is 0.0178. The molecule has 4 aromatic rings. The van der Waals surface area contributed by atoms with E-state index >= 15 is 0 Å². The molecular formula is C30H30ClNO4. The smallest absolute Gasteiger partial charge is 0.342 e. The Bertz CT molecular complexity index is 1380. The first-order valence-corrected chi connectivity index (χ1v) is 12.2. The molecule has 0 saturated carbocycles. The van der Waals surface area contributed by atoms with Crippen molar-refractivity contribution in [3.8, 4) is 11.3 Å². The van der Waals surface area contributed by atoms with Crippen molar-refractivity contribution in [2.45, 2.75) is 32.3 Å². The van der Waals surface area contributed by atoms with E-state index in [0.29, 0.717) is 23.3 Å². The predicted octanol–water partition coefficient (Wildman–Crippen LogP) is 6.57. The minimum absolute atomic E-state index is 0. The number of nitrogens with zero attached hydrogens (tertiary/aromatic N) is 1. The van der Waals surface area contributed by atoms with Crippen LogP contribution in [0.25, 0.3) is 22.3 Å². The average molecular weight is 504 g/mol. The zero-order chi connectivity index (χ0) is 24.2. The van der Waals surface area contributed by atoms with E-state index < -0.39 is 12.1 Å². The maximum Gasteiger partial charge on any atom is 0.342 e. The highest BCUT2D eigenvalue weighted by molar-refractivity contribution is 6.02. The summed E-state index contributed by atoms with van der Waals surface area (Å²) < 4.78 is 12.3. The molecule has 3 aromatic carbocycles. The van der Waals surface area contributed by atoms with E-state index in [0.717, 1.165) is 37.1 Å². The van der Waals surface area contributed by atoms with Crippen molar-refractivity contribution < 1.29 is 13.9 Å². The first kappa shape index (κ1) is 25.7. The number of hydrogen-bond acceptors (Lipinski definition) is 5. The molecule has 0 bridgehead atoms. The molecule has 5 nitrogen and oxygen atoms in total. The number of rotatable bonds is 6. The summed E-state index contributed by atoms with van der Waals surface area (Å²) in [6, 6.07) is 24.4. The van der Waals surface area contributed by atoms with Crippen LogP contribution in [0.3, 0.4) is 0 Å². The van der Waals surface area contributed by atoms with Crippen LogP contribution < -0.4 is 5.43 Å². The first-order chi connectivity index (χ1) is 17.1. The maximum absolute atomic E-state index is 13.5. The van der Waals surface area contributed by atoms with Crippen LogP contribution in [-0.4, -0.2) is 30.5 Å². The summed E-state index contributed by atoms with van der Waals surface area (Å²) in [6.45, 7) is 4.40. The van der Waals surface area contributed by atoms with Crippen LogP contribution in [-0.2, 0) is 4.74 Å². The van der Waals surface area contributed by atoms with E-state index in [9.17, 15) is 9.59 Å². The summed E-state index contributed by atoms with van der Waals surface area (Å²) in [7, 11) is 0. The monoisotopic (exact) mass is 503 g/mol. The minimum Gasteiger partial charge on any atom is -0.455 e. The molecule has 0 N–H and O–H groups in total. The molecule has 2 heterocycles. The van der Waals surface area contributed by atoms with Gasteiger partial charge in [0, 0.05) is 17.7 Å². The van der Waals surface area contributed by atoms with Gasteiger partial charge < -0.3 is 9.15 Å². The van der Waals surface area contributed by atoms with E-state index in [-0.39, 0.29) is 29.0 Å². The van der Waals surface area contributed by atoms with Crippen LogP contribution >= 0.6 is 12.4 Å². The van der Waals surface area contributed by atoms with E-state index in [4.69, 9.17) is 9.15 Å². The molecule has 1 aliphatic heterocycles. The highest BCUT2D eigenvalue weighted by Crippen LogP contribution is 2.29. The van der Waals surface area contributed by atoms with Crippen LogP contribution in [0.5, 0.6) is 0 Å². The van der Waals surface area contributed by atoms with Gasteiger partial charge in [-0.05, 0) is 50.6 Å². The predicted molar refractivity (Wildman–Crippen MR) is 145 cm³/mol. The highest BCUT2D eigenvalue weighted by Gasteiger charge is 2.25. The number of para-hydroxylation sites is 1. The van der Waals surface area contributed by atoms with Gasteiger partial charge in [0.2, 0.25) is 0 Å². The molecule has 1 aliphatic rings. The van der Waals surface area contributed by atoms with Crippen molar-refractivity contribution in [2.24, 2.45) is 0 Å². The molecule has 0 radical (unpaired) electrons. The summed E-state index contributed by atoms with van der Waals surface area (Å²) in [6.07, 6.45) is 3.14. The molecule has 0 amide bonds. The fourth-order valence-electron chi connectivity index (χ4n) is 4.78. The summed E-state index contributed by atoms with van der Waals surface area (Å²) >= 11 is 0. The second-order valence-electron chi connectivity index (χ2n) is 9.10. The van der Waals surface area contributed by atoms with Crippen LogP contribution in [0.15, 0.2) is 88.1 Å². The van der Waals surface area contributed by atoms with Gasteiger partial charge in [0.05, 0.1) is 5.39 Å². The second-order valence-corrected chi connectivity index (χ2v) is 9.10. The lowest BCUT2D eigenvalue weighted by Crippen LogP contribution is -2.35. The third-order valence-corrected chi connectivity index (χ3v) is 6.69. The molecule has 1 unspecified atom stereocenters. The fourth-order valence-corrected chi connectivity index (χ4v) is 4.78. The van der Waals surface area contributed by atoms with Gasteiger partial charge in [-0.25, -0.2) is 4.79 Å². The lowest BCUT2D eigenvalue weighted by Gasteiger charge is -2.30. The summed E-state index contributed by atoms with van der Waals surface area (Å²) in [5.74, 6) is -0.0243. The van der Waals surface area contributed by atoms with Crippen LogP contribution in [0.4, 0.5) is 0 Å². The fraction of sp³-hybridized carbons (Fsp3) is 0.267. The van der Waals surface area contributed by atoms with Gasteiger partial charge in [0.1, 0.15) is 17.4 Å². The van der Waals surface area contributed by atoms with Gasteiger partial charge in [-0.15, -0.1) is 12.4 Å². The van der Waals surface area contributed by atoms with Gasteiger partial charge in [-0.1, -0.05) is 73.2 Å². The SMILES string of the molecule is Cc1c(-c2ccccc2)oc2c(C(=O)OC(CN3CCCCC3)c3ccccc3)cccc2c1=O.Cl. The van der Waals surface area contributed by atoms with Crippen molar-refractivity contribution in [1.29, 1.82) is 0 Å². The molecule has 1 atom stereocenters. The lowest BCUT2D eigenvalue weighted by atomic mass is 10.0. The standard InChI is InChI=1S/C30H29NO4.ClH/c1-21-27(32)24-16-11-17-25(29(24)35-28(21)23-14-7-3-8-15-23)30(33)34-26(22-12-5-2-6-13-22)20-31-18-9-4-10-19-31;/h2-3,5-8,11-17,26H,4,9-10,18-20H2,1H3;1H. The van der Waals surface area contributed by atoms with Crippen molar-refractivity contribution in [3.63, 3.8) is 0 Å². The van der Waals surface area contributed by atoms with E-state index in [1.54, 1.807) is 25.1 Å². The molecule has 0 spiro atoms. The van der Waals surface area contributed by atoms with E-state index in [1.165, 1.54) is 6.42 Å². The number of ether oxygens (including phenoxy) is 1. The molecule has 1 aromatic heterocycles. The Morgan fingerprint density at radius 3 is 2.28 bits per heavy atom.